The van der Waals surface area contributed by atoms with E-state index in [2.05, 4.69) is 4.72 Å². The third-order valence-electron chi connectivity index (χ3n) is 3.57. The highest BCUT2D eigenvalue weighted by atomic mass is 32.2. The summed E-state index contributed by atoms with van der Waals surface area (Å²) >= 11 is 4.89. The number of benzene rings is 1. The Hall–Kier alpha value is -0.980. The quantitative estimate of drug-likeness (QED) is 0.830. The summed E-state index contributed by atoms with van der Waals surface area (Å²) in [6, 6.07) is 5.00. The Kier molecular flexibility index (Phi) is 3.45. The first-order valence-electron chi connectivity index (χ1n) is 6.06. The van der Waals surface area contributed by atoms with Crippen molar-refractivity contribution in [2.75, 3.05) is 0 Å². The predicted octanol–water partition coefficient (Wildman–Crippen LogP) is 1.71. The van der Waals surface area contributed by atoms with Crippen LogP contribution in [0.3, 0.4) is 0 Å². The molecule has 0 aliphatic heterocycles. The average molecular weight is 298 g/mol. The summed E-state index contributed by atoms with van der Waals surface area (Å²) in [5.41, 5.74) is 6.84. The Morgan fingerprint density at radius 2 is 2.05 bits per heavy atom. The van der Waals surface area contributed by atoms with Crippen molar-refractivity contribution < 1.29 is 8.42 Å². The van der Waals surface area contributed by atoms with E-state index in [-0.39, 0.29) is 21.3 Å². The molecule has 1 aromatic carbocycles. The summed E-state index contributed by atoms with van der Waals surface area (Å²) < 4.78 is 27.5. The van der Waals surface area contributed by atoms with Gasteiger partial charge >= 0.3 is 0 Å². The zero-order valence-corrected chi connectivity index (χ0v) is 12.9. The van der Waals surface area contributed by atoms with Gasteiger partial charge in [-0.2, -0.15) is 0 Å². The number of hydrogen-bond donors (Lipinski definition) is 2. The van der Waals surface area contributed by atoms with Crippen LogP contribution in [0.4, 0.5) is 0 Å². The molecule has 0 saturated heterocycles. The lowest BCUT2D eigenvalue weighted by Gasteiger charge is -2.11. The van der Waals surface area contributed by atoms with Crippen LogP contribution in [0.5, 0.6) is 0 Å². The van der Waals surface area contributed by atoms with Gasteiger partial charge in [-0.25, -0.2) is 13.1 Å². The molecule has 4 nitrogen and oxygen atoms in total. The van der Waals surface area contributed by atoms with Gasteiger partial charge in [0.15, 0.2) is 0 Å². The molecule has 1 aliphatic rings. The minimum atomic E-state index is -3.52. The second-order valence-electron chi connectivity index (χ2n) is 5.71. The third-order valence-corrected chi connectivity index (χ3v) is 5.42. The van der Waals surface area contributed by atoms with Crippen molar-refractivity contribution in [1.29, 1.82) is 0 Å². The molecule has 0 spiro atoms. The number of hydrogen-bond acceptors (Lipinski definition) is 3. The highest BCUT2D eigenvalue weighted by Gasteiger charge is 2.48. The van der Waals surface area contributed by atoms with E-state index in [1.54, 1.807) is 19.1 Å². The van der Waals surface area contributed by atoms with Crippen molar-refractivity contribution in [3.8, 4) is 0 Å². The lowest BCUT2D eigenvalue weighted by atomic mass is 10.1. The first-order chi connectivity index (χ1) is 8.63. The first-order valence-corrected chi connectivity index (χ1v) is 7.95. The van der Waals surface area contributed by atoms with Gasteiger partial charge in [0.25, 0.3) is 0 Å². The summed E-state index contributed by atoms with van der Waals surface area (Å²) in [4.78, 5) is 0.448. The van der Waals surface area contributed by atoms with E-state index in [9.17, 15) is 8.42 Å². The minimum Gasteiger partial charge on any atom is -0.389 e. The molecule has 6 heteroatoms. The van der Waals surface area contributed by atoms with E-state index in [0.29, 0.717) is 11.1 Å². The van der Waals surface area contributed by atoms with Crippen LogP contribution in [0.25, 0.3) is 0 Å². The minimum absolute atomic E-state index is 0.00499. The molecule has 1 aliphatic carbocycles. The predicted molar refractivity (Wildman–Crippen MR) is 79.6 cm³/mol. The fourth-order valence-electron chi connectivity index (χ4n) is 1.96. The number of rotatable bonds is 4. The lowest BCUT2D eigenvalue weighted by Crippen LogP contribution is -2.29. The zero-order valence-electron chi connectivity index (χ0n) is 11.2. The van der Waals surface area contributed by atoms with Crippen LogP contribution in [0.15, 0.2) is 23.1 Å². The van der Waals surface area contributed by atoms with Crippen molar-refractivity contribution >= 4 is 27.2 Å². The molecule has 1 atom stereocenters. The molecule has 0 amide bonds. The highest BCUT2D eigenvalue weighted by molar-refractivity contribution is 7.89. The van der Waals surface area contributed by atoms with Crippen LogP contribution in [0, 0.1) is 12.3 Å². The van der Waals surface area contributed by atoms with Crippen molar-refractivity contribution in [3.63, 3.8) is 0 Å². The van der Waals surface area contributed by atoms with E-state index in [0.717, 1.165) is 6.42 Å². The topological polar surface area (TPSA) is 72.2 Å². The molecule has 0 heterocycles. The lowest BCUT2D eigenvalue weighted by molar-refractivity contribution is 0.554. The molecule has 104 valence electrons. The van der Waals surface area contributed by atoms with Gasteiger partial charge in [-0.3, -0.25) is 0 Å². The SMILES string of the molecule is Cc1ccc(C(N)=S)cc1S(=O)(=O)NC1CC1(C)C. The van der Waals surface area contributed by atoms with Crippen LogP contribution in [-0.4, -0.2) is 19.4 Å². The van der Waals surface area contributed by atoms with Crippen LogP contribution in [-0.2, 0) is 10.0 Å². The van der Waals surface area contributed by atoms with Gasteiger partial charge in [0.1, 0.15) is 4.99 Å². The van der Waals surface area contributed by atoms with Crippen molar-refractivity contribution in [2.24, 2.45) is 11.1 Å². The van der Waals surface area contributed by atoms with Gasteiger partial charge in [0.05, 0.1) is 4.90 Å². The first kappa shape index (κ1) is 14.4. The summed E-state index contributed by atoms with van der Waals surface area (Å²) in [5.74, 6) is 0. The number of thiocarbonyl (C=S) groups is 1. The van der Waals surface area contributed by atoms with Gasteiger partial charge in [-0.1, -0.05) is 38.2 Å². The van der Waals surface area contributed by atoms with Gasteiger partial charge in [-0.15, -0.1) is 0 Å². The smallest absolute Gasteiger partial charge is 0.241 e. The summed E-state index contributed by atoms with van der Waals surface area (Å²) in [6.45, 7) is 5.84. The molecule has 3 N–H and O–H groups in total. The second-order valence-corrected chi connectivity index (χ2v) is 7.83. The normalized spacial score (nSPS) is 21.1. The number of aryl methyl sites for hydroxylation is 1. The maximum absolute atomic E-state index is 12.4. The van der Waals surface area contributed by atoms with Crippen LogP contribution in [0.1, 0.15) is 31.4 Å². The molecular weight excluding hydrogens is 280 g/mol. The Bertz CT molecular complexity index is 636. The highest BCUT2D eigenvalue weighted by Crippen LogP contribution is 2.45. The molecular formula is C13H18N2O2S2. The van der Waals surface area contributed by atoms with Crippen molar-refractivity contribution in [3.05, 3.63) is 29.3 Å². The number of nitrogens with two attached hydrogens (primary N) is 1. The Balaban J connectivity index is 2.35. The van der Waals surface area contributed by atoms with Crippen LogP contribution in [0.2, 0.25) is 0 Å². The number of nitrogens with one attached hydrogen (secondary N) is 1. The molecule has 0 radical (unpaired) electrons. The average Bonchev–Trinajstić information content (AvgIpc) is 2.84. The third kappa shape index (κ3) is 2.96. The van der Waals surface area contributed by atoms with E-state index in [4.69, 9.17) is 18.0 Å². The van der Waals surface area contributed by atoms with E-state index in [1.165, 1.54) is 6.07 Å². The maximum atomic E-state index is 12.4. The summed E-state index contributed by atoms with van der Waals surface area (Å²) in [6.07, 6.45) is 0.861. The van der Waals surface area contributed by atoms with Crippen LogP contribution < -0.4 is 10.5 Å². The Morgan fingerprint density at radius 3 is 2.53 bits per heavy atom. The zero-order chi connectivity index (χ0) is 14.4. The Morgan fingerprint density at radius 1 is 1.47 bits per heavy atom. The molecule has 1 aromatic rings. The van der Waals surface area contributed by atoms with Gasteiger partial charge in [0, 0.05) is 11.6 Å². The fraction of sp³-hybridized carbons (Fsp3) is 0.462. The molecule has 0 aromatic heterocycles. The molecule has 1 saturated carbocycles. The molecule has 2 rings (SSSR count). The molecule has 0 bridgehead atoms. The monoisotopic (exact) mass is 298 g/mol. The van der Waals surface area contributed by atoms with E-state index >= 15 is 0 Å². The molecule has 1 fully saturated rings. The molecule has 1 unspecified atom stereocenters. The maximum Gasteiger partial charge on any atom is 0.241 e. The van der Waals surface area contributed by atoms with Gasteiger partial charge < -0.3 is 5.73 Å². The fourth-order valence-corrected chi connectivity index (χ4v) is 3.77. The van der Waals surface area contributed by atoms with Gasteiger partial charge in [0.2, 0.25) is 10.0 Å². The molecule has 19 heavy (non-hydrogen) atoms. The van der Waals surface area contributed by atoms with E-state index in [1.807, 2.05) is 13.8 Å². The Labute approximate surface area is 119 Å². The summed E-state index contributed by atoms with van der Waals surface area (Å²) in [7, 11) is -3.52. The second kappa shape index (κ2) is 4.54. The summed E-state index contributed by atoms with van der Waals surface area (Å²) in [5, 5.41) is 0. The number of sulfonamides is 1. The van der Waals surface area contributed by atoms with Crippen molar-refractivity contribution in [1.82, 2.24) is 4.72 Å². The standard InChI is InChI=1S/C13H18N2O2S2/c1-8-4-5-9(12(14)18)6-10(8)19(16,17)15-11-7-13(11,2)3/h4-6,11,15H,7H2,1-3H3,(H2,14,18). The van der Waals surface area contributed by atoms with Gasteiger partial charge in [-0.05, 0) is 30.4 Å². The largest absolute Gasteiger partial charge is 0.389 e. The van der Waals surface area contributed by atoms with Crippen molar-refractivity contribution in [2.45, 2.75) is 38.1 Å². The van der Waals surface area contributed by atoms with Crippen LogP contribution >= 0.6 is 12.2 Å². The van der Waals surface area contributed by atoms with E-state index < -0.39 is 10.0 Å².